The van der Waals surface area contributed by atoms with Crippen LogP contribution in [-0.2, 0) is 0 Å². The fourth-order valence-corrected chi connectivity index (χ4v) is 0.918. The van der Waals surface area contributed by atoms with E-state index in [2.05, 4.69) is 38.2 Å². The highest BCUT2D eigenvalue weighted by Crippen LogP contribution is 2.09. The third-order valence-corrected chi connectivity index (χ3v) is 1.78. The van der Waals surface area contributed by atoms with Crippen LogP contribution >= 0.6 is 0 Å². The molecule has 0 aliphatic rings. The summed E-state index contributed by atoms with van der Waals surface area (Å²) in [7, 11) is 0. The largest absolute Gasteiger partial charge is 0.257 e. The average molecular weight is 201 g/mol. The maximum absolute atomic E-state index is 4.19. The van der Waals surface area contributed by atoms with Gasteiger partial charge in [0.1, 0.15) is 0 Å². The molecule has 0 aliphatic heterocycles. The summed E-state index contributed by atoms with van der Waals surface area (Å²) in [6.07, 6.45) is 9.12. The number of hydrogen-bond donors (Lipinski definition) is 0. The summed E-state index contributed by atoms with van der Waals surface area (Å²) >= 11 is 0. The van der Waals surface area contributed by atoms with Gasteiger partial charge in [-0.1, -0.05) is 57.9 Å². The fraction of sp³-hybridized carbons (Fsp3) is 0.214. The molecule has 0 N–H and O–H groups in total. The molecule has 0 aromatic rings. The average Bonchev–Trinajstić information content (AvgIpc) is 2.22. The SMILES string of the molecule is C=C/C=C\C(=C)C(=C)N=CC(=C)CCC. The van der Waals surface area contributed by atoms with E-state index in [-0.39, 0.29) is 0 Å². The van der Waals surface area contributed by atoms with Crippen molar-refractivity contribution in [2.45, 2.75) is 19.8 Å². The molecule has 0 aromatic heterocycles. The van der Waals surface area contributed by atoms with E-state index in [0.29, 0.717) is 5.70 Å². The van der Waals surface area contributed by atoms with Gasteiger partial charge in [-0.2, -0.15) is 0 Å². The van der Waals surface area contributed by atoms with Crippen molar-refractivity contribution in [3.8, 4) is 0 Å². The van der Waals surface area contributed by atoms with Crippen molar-refractivity contribution < 1.29 is 0 Å². The fourth-order valence-electron chi connectivity index (χ4n) is 0.918. The lowest BCUT2D eigenvalue weighted by Crippen LogP contribution is -1.85. The standard InChI is InChI=1S/C14H19N/c1-6-8-10-13(4)14(5)15-11-12(3)9-7-2/h6,8,10-11H,1,3-5,7,9H2,2H3/b10-8-,15-11?. The van der Waals surface area contributed by atoms with Crippen molar-refractivity contribution >= 4 is 6.21 Å². The van der Waals surface area contributed by atoms with Gasteiger partial charge in [0.15, 0.2) is 0 Å². The van der Waals surface area contributed by atoms with Crippen molar-refractivity contribution in [1.82, 2.24) is 0 Å². The van der Waals surface area contributed by atoms with Crippen LogP contribution in [0.3, 0.4) is 0 Å². The number of aliphatic imine (C=N–C) groups is 1. The second kappa shape index (κ2) is 7.74. The molecule has 0 unspecified atom stereocenters. The Hall–Kier alpha value is -1.63. The summed E-state index contributed by atoms with van der Waals surface area (Å²) in [6, 6.07) is 0. The molecule has 0 aliphatic carbocycles. The highest BCUT2D eigenvalue weighted by molar-refractivity contribution is 5.78. The predicted molar refractivity (Wildman–Crippen MR) is 70.2 cm³/mol. The molecule has 1 heteroatoms. The molecule has 0 heterocycles. The van der Waals surface area contributed by atoms with Crippen LogP contribution in [0.1, 0.15) is 19.8 Å². The molecule has 0 bridgehead atoms. The summed E-state index contributed by atoms with van der Waals surface area (Å²) in [5.41, 5.74) is 2.46. The third kappa shape index (κ3) is 6.44. The van der Waals surface area contributed by atoms with Gasteiger partial charge in [0, 0.05) is 6.21 Å². The Morgan fingerprint density at radius 1 is 1.27 bits per heavy atom. The molecule has 0 saturated heterocycles. The minimum atomic E-state index is 0.658. The second-order valence-corrected chi connectivity index (χ2v) is 3.23. The molecule has 0 radical (unpaired) electrons. The summed E-state index contributed by atoms with van der Waals surface area (Å²) in [6.45, 7) is 17.2. The Morgan fingerprint density at radius 2 is 1.93 bits per heavy atom. The van der Waals surface area contributed by atoms with Gasteiger partial charge in [0.2, 0.25) is 0 Å². The Morgan fingerprint density at radius 3 is 2.47 bits per heavy atom. The van der Waals surface area contributed by atoms with Gasteiger partial charge in [0.25, 0.3) is 0 Å². The number of hydrogen-bond acceptors (Lipinski definition) is 1. The Kier molecular flexibility index (Phi) is 6.90. The van der Waals surface area contributed by atoms with E-state index in [1.165, 1.54) is 0 Å². The molecule has 0 saturated carbocycles. The highest BCUT2D eigenvalue weighted by atomic mass is 14.7. The van der Waals surface area contributed by atoms with Crippen molar-refractivity contribution in [1.29, 1.82) is 0 Å². The van der Waals surface area contributed by atoms with Gasteiger partial charge in [-0.3, -0.25) is 4.99 Å². The molecule has 15 heavy (non-hydrogen) atoms. The lowest BCUT2D eigenvalue weighted by atomic mass is 10.2. The molecule has 80 valence electrons. The monoisotopic (exact) mass is 201 g/mol. The molecule has 0 spiro atoms. The molecule has 0 amide bonds. The first kappa shape index (κ1) is 13.4. The first-order valence-corrected chi connectivity index (χ1v) is 5.01. The van der Waals surface area contributed by atoms with Gasteiger partial charge >= 0.3 is 0 Å². The number of rotatable bonds is 7. The van der Waals surface area contributed by atoms with Gasteiger partial charge in [-0.05, 0) is 17.6 Å². The van der Waals surface area contributed by atoms with Crippen LogP contribution in [0.15, 0.2) is 66.4 Å². The highest BCUT2D eigenvalue weighted by Gasteiger charge is 1.92. The molecule has 0 atom stereocenters. The molecular weight excluding hydrogens is 182 g/mol. The maximum atomic E-state index is 4.19. The Balaban J connectivity index is 4.24. The van der Waals surface area contributed by atoms with Gasteiger partial charge in [0.05, 0.1) is 5.70 Å². The van der Waals surface area contributed by atoms with Crippen LogP contribution < -0.4 is 0 Å². The van der Waals surface area contributed by atoms with E-state index < -0.39 is 0 Å². The summed E-state index contributed by atoms with van der Waals surface area (Å²) in [5, 5.41) is 0. The zero-order valence-electron chi connectivity index (χ0n) is 9.50. The first-order chi connectivity index (χ1) is 7.11. The molecule has 0 fully saturated rings. The van der Waals surface area contributed by atoms with Crippen molar-refractivity contribution in [3.63, 3.8) is 0 Å². The van der Waals surface area contributed by atoms with Crippen LogP contribution in [-0.4, -0.2) is 6.21 Å². The van der Waals surface area contributed by atoms with Crippen LogP contribution in [0.5, 0.6) is 0 Å². The van der Waals surface area contributed by atoms with Crippen LogP contribution in [0.4, 0.5) is 0 Å². The smallest absolute Gasteiger partial charge is 0.0624 e. The summed E-state index contributed by atoms with van der Waals surface area (Å²) < 4.78 is 0. The van der Waals surface area contributed by atoms with Crippen LogP contribution in [0, 0.1) is 0 Å². The van der Waals surface area contributed by atoms with Gasteiger partial charge in [-0.15, -0.1) is 0 Å². The van der Waals surface area contributed by atoms with E-state index in [4.69, 9.17) is 0 Å². The van der Waals surface area contributed by atoms with E-state index in [9.17, 15) is 0 Å². The topological polar surface area (TPSA) is 12.4 Å². The van der Waals surface area contributed by atoms with Crippen LogP contribution in [0.2, 0.25) is 0 Å². The lowest BCUT2D eigenvalue weighted by molar-refractivity contribution is 0.942. The van der Waals surface area contributed by atoms with Crippen molar-refractivity contribution in [2.75, 3.05) is 0 Å². The number of nitrogens with zero attached hydrogens (tertiary/aromatic N) is 1. The van der Waals surface area contributed by atoms with Gasteiger partial charge < -0.3 is 0 Å². The molecule has 0 rings (SSSR count). The number of allylic oxidation sites excluding steroid dienone is 4. The third-order valence-electron chi connectivity index (χ3n) is 1.78. The molecule has 0 aromatic carbocycles. The van der Waals surface area contributed by atoms with Crippen molar-refractivity contribution in [2.24, 2.45) is 4.99 Å². The summed E-state index contributed by atoms with van der Waals surface area (Å²) in [5.74, 6) is 0. The molecular formula is C14H19N. The minimum absolute atomic E-state index is 0.658. The maximum Gasteiger partial charge on any atom is 0.0624 e. The van der Waals surface area contributed by atoms with Crippen LogP contribution in [0.25, 0.3) is 0 Å². The zero-order chi connectivity index (χ0) is 11.7. The second-order valence-electron chi connectivity index (χ2n) is 3.23. The normalized spacial score (nSPS) is 10.7. The Labute approximate surface area is 92.9 Å². The minimum Gasteiger partial charge on any atom is -0.257 e. The van der Waals surface area contributed by atoms with Gasteiger partial charge in [-0.25, -0.2) is 0 Å². The summed E-state index contributed by atoms with van der Waals surface area (Å²) in [4.78, 5) is 4.19. The lowest BCUT2D eigenvalue weighted by Gasteiger charge is -1.99. The van der Waals surface area contributed by atoms with Crippen molar-refractivity contribution in [3.05, 3.63) is 61.4 Å². The van der Waals surface area contributed by atoms with E-state index in [1.54, 1.807) is 12.3 Å². The first-order valence-electron chi connectivity index (χ1n) is 5.01. The quantitative estimate of drug-likeness (QED) is 0.432. The van der Waals surface area contributed by atoms with E-state index in [1.807, 2.05) is 12.2 Å². The predicted octanol–water partition coefficient (Wildman–Crippen LogP) is 4.23. The van der Waals surface area contributed by atoms with E-state index >= 15 is 0 Å². The Bertz CT molecular complexity index is 316. The zero-order valence-corrected chi connectivity index (χ0v) is 9.50. The molecule has 1 nitrogen and oxygen atoms in total. The van der Waals surface area contributed by atoms with E-state index in [0.717, 1.165) is 24.0 Å².